The number of sulfonamides is 1. The zero-order valence-corrected chi connectivity index (χ0v) is 21.4. The summed E-state index contributed by atoms with van der Waals surface area (Å²) in [6.07, 6.45) is 6.87. The maximum Gasteiger partial charge on any atom is 0.243 e. The van der Waals surface area contributed by atoms with E-state index in [2.05, 4.69) is 9.88 Å². The van der Waals surface area contributed by atoms with Gasteiger partial charge in [0.25, 0.3) is 0 Å². The Hall–Kier alpha value is -2.98. The number of likely N-dealkylation sites (N-methyl/N-ethyl adjacent to an activating group) is 1. The lowest BCUT2D eigenvalue weighted by Gasteiger charge is -2.40. The molecule has 1 N–H and O–H groups in total. The van der Waals surface area contributed by atoms with Crippen molar-refractivity contribution in [1.29, 1.82) is 0 Å². The maximum absolute atomic E-state index is 13.4. The van der Waals surface area contributed by atoms with Crippen LogP contribution >= 0.6 is 0 Å². The molecule has 0 bridgehead atoms. The monoisotopic (exact) mass is 509 g/mol. The van der Waals surface area contributed by atoms with E-state index < -0.39 is 15.6 Å². The minimum Gasteiger partial charge on any atom is -0.493 e. The molecule has 1 aliphatic rings. The van der Waals surface area contributed by atoms with E-state index in [4.69, 9.17) is 9.15 Å². The Kier molecular flexibility index (Phi) is 6.74. The Labute approximate surface area is 211 Å². The molecule has 5 rings (SSSR count). The summed E-state index contributed by atoms with van der Waals surface area (Å²) < 4.78 is 39.2. The molecule has 0 aliphatic carbocycles. The first kappa shape index (κ1) is 24.7. The van der Waals surface area contributed by atoms with Crippen molar-refractivity contribution in [1.82, 2.24) is 14.2 Å². The highest BCUT2D eigenvalue weighted by Gasteiger charge is 2.36. The Morgan fingerprint density at radius 1 is 1.14 bits per heavy atom. The molecule has 0 atom stereocenters. The molecular weight excluding hydrogens is 478 g/mol. The van der Waals surface area contributed by atoms with E-state index >= 15 is 0 Å². The summed E-state index contributed by atoms with van der Waals surface area (Å²) in [6, 6.07) is 12.8. The number of fused-ring (bicyclic) bond motifs is 2. The molecule has 1 saturated heterocycles. The Morgan fingerprint density at radius 2 is 1.92 bits per heavy atom. The molecule has 2 aromatic carbocycles. The van der Waals surface area contributed by atoms with Crippen molar-refractivity contribution in [2.75, 3.05) is 40.3 Å². The number of furan rings is 1. The van der Waals surface area contributed by atoms with Crippen molar-refractivity contribution in [2.45, 2.75) is 29.8 Å². The molecule has 8 nitrogen and oxygen atoms in total. The average Bonchev–Trinajstić information content (AvgIpc) is 3.31. The van der Waals surface area contributed by atoms with Crippen LogP contribution in [0.2, 0.25) is 0 Å². The van der Waals surface area contributed by atoms with Crippen molar-refractivity contribution in [3.8, 4) is 5.75 Å². The van der Waals surface area contributed by atoms with Gasteiger partial charge < -0.3 is 19.2 Å². The van der Waals surface area contributed by atoms with E-state index in [-0.39, 0.29) is 11.4 Å². The van der Waals surface area contributed by atoms with E-state index in [0.29, 0.717) is 31.3 Å². The fourth-order valence-corrected chi connectivity index (χ4v) is 6.51. The Bertz CT molecular complexity index is 1470. The van der Waals surface area contributed by atoms with Crippen molar-refractivity contribution in [3.63, 3.8) is 0 Å². The minimum absolute atomic E-state index is 0.0524. The number of aliphatic hydroxyl groups is 1. The normalized spacial score (nSPS) is 16.7. The van der Waals surface area contributed by atoms with Crippen LogP contribution in [-0.2, 0) is 16.4 Å². The molecule has 0 amide bonds. The molecule has 1 fully saturated rings. The van der Waals surface area contributed by atoms with E-state index in [1.165, 1.54) is 11.4 Å². The molecule has 0 unspecified atom stereocenters. The summed E-state index contributed by atoms with van der Waals surface area (Å²) in [7, 11) is -0.599. The number of rotatable bonds is 8. The topological polar surface area (TPSA) is 96.1 Å². The van der Waals surface area contributed by atoms with Gasteiger partial charge in [0, 0.05) is 61.8 Å². The van der Waals surface area contributed by atoms with Gasteiger partial charge in [0.05, 0.1) is 23.9 Å². The van der Waals surface area contributed by atoms with Crippen LogP contribution in [0, 0.1) is 0 Å². The molecule has 0 saturated carbocycles. The number of nitrogens with zero attached hydrogens (tertiary/aromatic N) is 3. The van der Waals surface area contributed by atoms with Crippen LogP contribution in [-0.4, -0.2) is 73.7 Å². The first-order valence-electron chi connectivity index (χ1n) is 12.1. The largest absolute Gasteiger partial charge is 0.493 e. The van der Waals surface area contributed by atoms with Gasteiger partial charge in [-0.1, -0.05) is 24.3 Å². The highest BCUT2D eigenvalue weighted by atomic mass is 32.2. The first-order valence-corrected chi connectivity index (χ1v) is 13.5. The van der Waals surface area contributed by atoms with E-state index in [1.807, 2.05) is 24.3 Å². The van der Waals surface area contributed by atoms with Gasteiger partial charge in [-0.3, -0.25) is 4.98 Å². The standard InChI is InChI=1S/C27H31N3O5S/c1-29(36(32,33)25-8-3-5-20-17-28-13-9-22(20)25)19-27(31)11-15-30(16-12-27)14-10-21-18-35-26-23(21)6-4-7-24(26)34-2/h3-9,13,17-18,31H,10-12,14-16,19H2,1-2H3. The summed E-state index contributed by atoms with van der Waals surface area (Å²) in [5, 5.41) is 13.7. The molecule has 190 valence electrons. The number of methoxy groups -OCH3 is 1. The number of likely N-dealkylation sites (tertiary alicyclic amines) is 1. The number of piperidine rings is 1. The molecule has 3 heterocycles. The minimum atomic E-state index is -3.77. The Morgan fingerprint density at radius 3 is 2.69 bits per heavy atom. The average molecular weight is 510 g/mol. The van der Waals surface area contributed by atoms with Crippen LogP contribution in [0.25, 0.3) is 21.7 Å². The number of pyridine rings is 1. The third-order valence-corrected chi connectivity index (χ3v) is 9.06. The summed E-state index contributed by atoms with van der Waals surface area (Å²) in [5.74, 6) is 0.723. The lowest BCUT2D eigenvalue weighted by atomic mass is 9.91. The van der Waals surface area contributed by atoms with Crippen molar-refractivity contribution < 1.29 is 22.7 Å². The first-order chi connectivity index (χ1) is 17.3. The van der Waals surface area contributed by atoms with Crippen LogP contribution in [0.5, 0.6) is 5.75 Å². The highest BCUT2D eigenvalue weighted by Crippen LogP contribution is 2.31. The van der Waals surface area contributed by atoms with Gasteiger partial charge in [-0.05, 0) is 43.0 Å². The van der Waals surface area contributed by atoms with Gasteiger partial charge in [-0.15, -0.1) is 0 Å². The van der Waals surface area contributed by atoms with Gasteiger partial charge in [0.1, 0.15) is 0 Å². The molecule has 36 heavy (non-hydrogen) atoms. The fourth-order valence-electron chi connectivity index (χ4n) is 5.05. The summed E-state index contributed by atoms with van der Waals surface area (Å²) in [4.78, 5) is 6.62. The van der Waals surface area contributed by atoms with Crippen LogP contribution in [0.1, 0.15) is 18.4 Å². The smallest absolute Gasteiger partial charge is 0.243 e. The number of benzene rings is 2. The quantitative estimate of drug-likeness (QED) is 0.387. The van der Waals surface area contributed by atoms with Crippen LogP contribution in [0.4, 0.5) is 0 Å². The number of ether oxygens (including phenoxy) is 1. The van der Waals surface area contributed by atoms with Crippen LogP contribution in [0.15, 0.2) is 70.4 Å². The lowest BCUT2D eigenvalue weighted by molar-refractivity contribution is -0.0296. The lowest BCUT2D eigenvalue weighted by Crippen LogP contribution is -2.51. The van der Waals surface area contributed by atoms with E-state index in [0.717, 1.165) is 40.6 Å². The molecule has 0 radical (unpaired) electrons. The number of hydrogen-bond donors (Lipinski definition) is 1. The predicted octanol–water partition coefficient (Wildman–Crippen LogP) is 3.68. The van der Waals surface area contributed by atoms with Crippen molar-refractivity contribution in [3.05, 3.63) is 66.7 Å². The SMILES string of the molecule is COc1cccc2c(CCN3CCC(O)(CN(C)S(=O)(=O)c4cccc5cnccc45)CC3)coc12. The second kappa shape index (κ2) is 9.82. The van der Waals surface area contributed by atoms with E-state index in [9.17, 15) is 13.5 Å². The summed E-state index contributed by atoms with van der Waals surface area (Å²) in [5.41, 5.74) is 0.816. The van der Waals surface area contributed by atoms with Crippen LogP contribution < -0.4 is 4.74 Å². The molecule has 0 spiro atoms. The Balaban J connectivity index is 1.21. The number of aromatic nitrogens is 1. The van der Waals surface area contributed by atoms with Gasteiger partial charge in [0.15, 0.2) is 11.3 Å². The zero-order valence-electron chi connectivity index (χ0n) is 20.6. The van der Waals surface area contributed by atoms with Crippen LogP contribution in [0.3, 0.4) is 0 Å². The second-order valence-electron chi connectivity index (χ2n) is 9.53. The second-order valence-corrected chi connectivity index (χ2v) is 11.5. The van der Waals surface area contributed by atoms with Gasteiger partial charge >= 0.3 is 0 Å². The number of para-hydroxylation sites is 1. The van der Waals surface area contributed by atoms with Crippen molar-refractivity contribution >= 4 is 31.8 Å². The fraction of sp³-hybridized carbons (Fsp3) is 0.370. The van der Waals surface area contributed by atoms with Gasteiger partial charge in [-0.25, -0.2) is 8.42 Å². The third-order valence-electron chi connectivity index (χ3n) is 7.19. The zero-order chi connectivity index (χ0) is 25.3. The maximum atomic E-state index is 13.4. The molecule has 9 heteroatoms. The van der Waals surface area contributed by atoms with E-state index in [1.54, 1.807) is 44.0 Å². The third kappa shape index (κ3) is 4.71. The summed E-state index contributed by atoms with van der Waals surface area (Å²) in [6.45, 7) is 2.28. The predicted molar refractivity (Wildman–Crippen MR) is 139 cm³/mol. The molecular formula is C27H31N3O5S. The molecule has 1 aliphatic heterocycles. The summed E-state index contributed by atoms with van der Waals surface area (Å²) >= 11 is 0. The van der Waals surface area contributed by atoms with Gasteiger partial charge in [-0.2, -0.15) is 4.31 Å². The van der Waals surface area contributed by atoms with Crippen molar-refractivity contribution in [2.24, 2.45) is 0 Å². The molecule has 2 aromatic heterocycles. The number of hydrogen-bond acceptors (Lipinski definition) is 7. The van der Waals surface area contributed by atoms with Gasteiger partial charge in [0.2, 0.25) is 10.0 Å². The molecule has 4 aromatic rings. The highest BCUT2D eigenvalue weighted by molar-refractivity contribution is 7.89.